The molecule has 0 saturated heterocycles. The monoisotopic (exact) mass is 340 g/mol. The van der Waals surface area contributed by atoms with E-state index in [0.29, 0.717) is 25.6 Å². The molecule has 1 unspecified atom stereocenters. The Hall–Kier alpha value is -1.03. The molecule has 1 aromatic carbocycles. The van der Waals surface area contributed by atoms with Gasteiger partial charge in [0.15, 0.2) is 11.5 Å². The maximum Gasteiger partial charge on any atom is 0.164 e. The first kappa shape index (κ1) is 15.4. The van der Waals surface area contributed by atoms with Crippen molar-refractivity contribution in [2.45, 2.75) is 45.4 Å². The fourth-order valence-corrected chi connectivity index (χ4v) is 3.46. The summed E-state index contributed by atoms with van der Waals surface area (Å²) in [6, 6.07) is 1.98. The molecule has 1 aliphatic heterocycles. The third kappa shape index (κ3) is 3.00. The van der Waals surface area contributed by atoms with E-state index in [0.717, 1.165) is 39.8 Å². The largest absolute Gasteiger partial charge is 0.490 e. The van der Waals surface area contributed by atoms with E-state index in [1.807, 2.05) is 6.07 Å². The fourth-order valence-electron chi connectivity index (χ4n) is 2.65. The molecular formula is C16H21BrO3. The van der Waals surface area contributed by atoms with E-state index in [-0.39, 0.29) is 5.92 Å². The average molecular weight is 341 g/mol. The van der Waals surface area contributed by atoms with Crippen LogP contribution in [0.3, 0.4) is 0 Å². The van der Waals surface area contributed by atoms with Gasteiger partial charge in [-0.05, 0) is 23.5 Å². The molecule has 110 valence electrons. The van der Waals surface area contributed by atoms with E-state index < -0.39 is 0 Å². The van der Waals surface area contributed by atoms with Crippen molar-refractivity contribution in [1.82, 2.24) is 0 Å². The molecule has 1 atom stereocenters. The molecule has 0 amide bonds. The number of ether oxygens (including phenoxy) is 2. The summed E-state index contributed by atoms with van der Waals surface area (Å²) in [5.41, 5.74) is 2.32. The van der Waals surface area contributed by atoms with Gasteiger partial charge in [-0.3, -0.25) is 0 Å². The summed E-state index contributed by atoms with van der Waals surface area (Å²) in [5.74, 6) is 2.14. The van der Waals surface area contributed by atoms with Crippen LogP contribution in [0.25, 0.3) is 0 Å². The van der Waals surface area contributed by atoms with Crippen LogP contribution in [-0.4, -0.2) is 19.5 Å². The van der Waals surface area contributed by atoms with Crippen LogP contribution in [0, 0.1) is 0 Å². The number of carbonyl (C=O) groups is 1. The average Bonchev–Trinajstić information content (AvgIpc) is 2.61. The molecule has 0 spiro atoms. The highest BCUT2D eigenvalue weighted by Crippen LogP contribution is 2.46. The molecule has 1 aliphatic rings. The van der Waals surface area contributed by atoms with Gasteiger partial charge in [0, 0.05) is 22.9 Å². The minimum absolute atomic E-state index is 0.163. The van der Waals surface area contributed by atoms with Gasteiger partial charge in [0.25, 0.3) is 0 Å². The Kier molecular flexibility index (Phi) is 5.08. The summed E-state index contributed by atoms with van der Waals surface area (Å²) in [5, 5.41) is 0. The van der Waals surface area contributed by atoms with Crippen LogP contribution in [-0.2, 0) is 4.79 Å². The Morgan fingerprint density at radius 2 is 1.95 bits per heavy atom. The number of halogens is 1. The van der Waals surface area contributed by atoms with Crippen LogP contribution in [0.2, 0.25) is 0 Å². The molecule has 0 saturated carbocycles. The maximum atomic E-state index is 10.9. The summed E-state index contributed by atoms with van der Waals surface area (Å²) in [6.07, 6.45) is 2.38. The molecule has 0 bridgehead atoms. The van der Waals surface area contributed by atoms with Crippen molar-refractivity contribution >= 4 is 22.2 Å². The number of carbonyl (C=O) groups excluding carboxylic acids is 1. The molecule has 0 aliphatic carbocycles. The topological polar surface area (TPSA) is 35.5 Å². The lowest BCUT2D eigenvalue weighted by Crippen LogP contribution is -2.07. The van der Waals surface area contributed by atoms with Crippen molar-refractivity contribution in [3.8, 4) is 11.5 Å². The third-order valence-electron chi connectivity index (χ3n) is 3.59. The van der Waals surface area contributed by atoms with Gasteiger partial charge in [0.05, 0.1) is 13.2 Å². The molecule has 3 nitrogen and oxygen atoms in total. The second-order valence-electron chi connectivity index (χ2n) is 5.52. The number of benzene rings is 1. The second kappa shape index (κ2) is 6.61. The first-order valence-electron chi connectivity index (χ1n) is 7.11. The molecule has 1 heterocycles. The highest BCUT2D eigenvalue weighted by Gasteiger charge is 2.25. The number of aldehydes is 1. The van der Waals surface area contributed by atoms with Crippen LogP contribution >= 0.6 is 15.9 Å². The van der Waals surface area contributed by atoms with E-state index in [1.165, 1.54) is 0 Å². The van der Waals surface area contributed by atoms with Crippen LogP contribution in [0.15, 0.2) is 10.5 Å². The minimum atomic E-state index is 0.163. The van der Waals surface area contributed by atoms with Crippen LogP contribution < -0.4 is 9.47 Å². The summed E-state index contributed by atoms with van der Waals surface area (Å²) in [6.45, 7) is 7.72. The van der Waals surface area contributed by atoms with Crippen LogP contribution in [0.1, 0.15) is 56.6 Å². The Balaban J connectivity index is 2.61. The van der Waals surface area contributed by atoms with Crippen molar-refractivity contribution < 1.29 is 14.3 Å². The lowest BCUT2D eigenvalue weighted by atomic mass is 9.87. The molecule has 2 rings (SSSR count). The predicted molar refractivity (Wildman–Crippen MR) is 82.9 cm³/mol. The Morgan fingerprint density at radius 3 is 2.60 bits per heavy atom. The number of hydrogen-bond acceptors (Lipinski definition) is 3. The summed E-state index contributed by atoms with van der Waals surface area (Å²) in [4.78, 5) is 10.9. The van der Waals surface area contributed by atoms with Crippen LogP contribution in [0.5, 0.6) is 11.5 Å². The van der Waals surface area contributed by atoms with Crippen molar-refractivity contribution in [2.24, 2.45) is 0 Å². The van der Waals surface area contributed by atoms with Gasteiger partial charge in [-0.1, -0.05) is 36.7 Å². The van der Waals surface area contributed by atoms with E-state index in [1.54, 1.807) is 0 Å². The zero-order chi connectivity index (χ0) is 14.7. The van der Waals surface area contributed by atoms with E-state index in [2.05, 4.69) is 36.7 Å². The van der Waals surface area contributed by atoms with Crippen LogP contribution in [0.4, 0.5) is 0 Å². The van der Waals surface area contributed by atoms with Crippen molar-refractivity contribution in [3.05, 3.63) is 21.7 Å². The number of fused-ring (bicyclic) bond motifs is 1. The first-order valence-corrected chi connectivity index (χ1v) is 7.91. The number of rotatable bonds is 4. The molecule has 4 heteroatoms. The van der Waals surface area contributed by atoms with E-state index in [9.17, 15) is 4.79 Å². The highest BCUT2D eigenvalue weighted by atomic mass is 79.9. The van der Waals surface area contributed by atoms with Crippen molar-refractivity contribution in [2.75, 3.05) is 13.2 Å². The van der Waals surface area contributed by atoms with Crippen molar-refractivity contribution in [3.63, 3.8) is 0 Å². The molecule has 0 N–H and O–H groups in total. The molecular weight excluding hydrogens is 320 g/mol. The molecule has 0 aromatic heterocycles. The van der Waals surface area contributed by atoms with E-state index >= 15 is 0 Å². The minimum Gasteiger partial charge on any atom is -0.490 e. The molecule has 1 aromatic rings. The molecule has 0 radical (unpaired) electrons. The zero-order valence-corrected chi connectivity index (χ0v) is 13.8. The maximum absolute atomic E-state index is 10.9. The van der Waals surface area contributed by atoms with Crippen molar-refractivity contribution in [1.29, 1.82) is 0 Å². The zero-order valence-electron chi connectivity index (χ0n) is 12.2. The van der Waals surface area contributed by atoms with Gasteiger partial charge < -0.3 is 14.3 Å². The fraction of sp³-hybridized carbons (Fsp3) is 0.562. The molecule has 20 heavy (non-hydrogen) atoms. The van der Waals surface area contributed by atoms with Gasteiger partial charge in [-0.25, -0.2) is 0 Å². The SMILES string of the molecule is CC(C)c1c2c(cc(Br)c1C(C)CC=O)OCCCO2. The Labute approximate surface area is 128 Å². The first-order chi connectivity index (χ1) is 9.56. The predicted octanol–water partition coefficient (Wildman–Crippen LogP) is 4.43. The van der Waals surface area contributed by atoms with Gasteiger partial charge in [0.1, 0.15) is 6.29 Å². The highest BCUT2D eigenvalue weighted by molar-refractivity contribution is 9.10. The Morgan fingerprint density at radius 1 is 1.25 bits per heavy atom. The summed E-state index contributed by atoms with van der Waals surface area (Å²) >= 11 is 3.64. The van der Waals surface area contributed by atoms with Gasteiger partial charge in [-0.2, -0.15) is 0 Å². The summed E-state index contributed by atoms with van der Waals surface area (Å²) in [7, 11) is 0. The smallest absolute Gasteiger partial charge is 0.164 e. The van der Waals surface area contributed by atoms with E-state index in [4.69, 9.17) is 9.47 Å². The lowest BCUT2D eigenvalue weighted by molar-refractivity contribution is -0.108. The quantitative estimate of drug-likeness (QED) is 0.760. The normalized spacial score (nSPS) is 15.8. The standard InChI is InChI=1S/C16H21BrO3/c1-10(2)14-15(11(3)5-6-18)12(17)9-13-16(14)20-8-4-7-19-13/h6,9-11H,4-5,7-8H2,1-3H3. The van der Waals surface area contributed by atoms with Gasteiger partial charge in [0.2, 0.25) is 0 Å². The Bertz CT molecular complexity index is 497. The van der Waals surface area contributed by atoms with Gasteiger partial charge >= 0.3 is 0 Å². The number of hydrogen-bond donors (Lipinski definition) is 0. The summed E-state index contributed by atoms with van der Waals surface area (Å²) < 4.78 is 12.7. The lowest BCUT2D eigenvalue weighted by Gasteiger charge is -2.23. The third-order valence-corrected chi connectivity index (χ3v) is 4.24. The second-order valence-corrected chi connectivity index (χ2v) is 6.38. The van der Waals surface area contributed by atoms with Gasteiger partial charge in [-0.15, -0.1) is 0 Å². The molecule has 0 fully saturated rings.